The van der Waals surface area contributed by atoms with E-state index in [9.17, 15) is 9.18 Å². The summed E-state index contributed by atoms with van der Waals surface area (Å²) in [6, 6.07) is 3.04. The fraction of sp³-hybridized carbons (Fsp3) is 0.500. The standard InChI is InChI=1S/C10H13FO3/c1-4-13-9(12)10(3,11)8-6-5-7(2)14-8/h5-6H,4H2,1-3H3. The third-order valence-electron chi connectivity index (χ3n) is 1.86. The van der Waals surface area contributed by atoms with E-state index in [1.165, 1.54) is 6.07 Å². The molecule has 14 heavy (non-hydrogen) atoms. The summed E-state index contributed by atoms with van der Waals surface area (Å²) in [7, 11) is 0. The fourth-order valence-corrected chi connectivity index (χ4v) is 1.05. The number of hydrogen-bond acceptors (Lipinski definition) is 3. The average molecular weight is 200 g/mol. The SMILES string of the molecule is CCOC(=O)C(C)(F)c1ccc(C)o1. The molecule has 1 aromatic heterocycles. The van der Waals surface area contributed by atoms with Crippen molar-refractivity contribution in [3.63, 3.8) is 0 Å². The Morgan fingerprint density at radius 2 is 2.29 bits per heavy atom. The third kappa shape index (κ3) is 1.95. The van der Waals surface area contributed by atoms with Crippen molar-refractivity contribution in [1.29, 1.82) is 0 Å². The molecule has 0 aliphatic rings. The second kappa shape index (κ2) is 3.82. The highest BCUT2D eigenvalue weighted by atomic mass is 19.1. The molecule has 3 nitrogen and oxygen atoms in total. The van der Waals surface area contributed by atoms with Crippen LogP contribution in [0.1, 0.15) is 25.4 Å². The molecule has 0 N–H and O–H groups in total. The summed E-state index contributed by atoms with van der Waals surface area (Å²) >= 11 is 0. The molecule has 0 saturated heterocycles. The average Bonchev–Trinajstić information content (AvgIpc) is 2.52. The minimum atomic E-state index is -2.20. The molecule has 1 atom stereocenters. The van der Waals surface area contributed by atoms with Crippen LogP contribution in [0.3, 0.4) is 0 Å². The molecular weight excluding hydrogens is 187 g/mol. The van der Waals surface area contributed by atoms with Gasteiger partial charge in [-0.05, 0) is 32.9 Å². The Balaban J connectivity index is 2.89. The summed E-state index contributed by atoms with van der Waals surface area (Å²) in [6.07, 6.45) is 0. The Kier molecular flexibility index (Phi) is 2.93. The predicted molar refractivity (Wildman–Crippen MR) is 48.5 cm³/mol. The van der Waals surface area contributed by atoms with Gasteiger partial charge in [-0.3, -0.25) is 0 Å². The minimum Gasteiger partial charge on any atom is -0.463 e. The third-order valence-corrected chi connectivity index (χ3v) is 1.86. The second-order valence-corrected chi connectivity index (χ2v) is 3.13. The van der Waals surface area contributed by atoms with E-state index in [0.717, 1.165) is 6.92 Å². The molecule has 1 heterocycles. The van der Waals surface area contributed by atoms with Gasteiger partial charge in [-0.25, -0.2) is 9.18 Å². The van der Waals surface area contributed by atoms with Gasteiger partial charge in [-0.1, -0.05) is 0 Å². The normalized spacial score (nSPS) is 14.9. The minimum absolute atomic E-state index is 0.0200. The number of carbonyl (C=O) groups is 1. The molecule has 1 rings (SSSR count). The first-order valence-corrected chi connectivity index (χ1v) is 4.41. The van der Waals surface area contributed by atoms with Gasteiger partial charge in [0, 0.05) is 0 Å². The Labute approximate surface area is 81.9 Å². The van der Waals surface area contributed by atoms with Crippen LogP contribution in [0.2, 0.25) is 0 Å². The molecular formula is C10H13FO3. The summed E-state index contributed by atoms with van der Waals surface area (Å²) in [5.74, 6) is -0.379. The number of esters is 1. The molecule has 0 spiro atoms. The van der Waals surface area contributed by atoms with Crippen LogP contribution in [0.4, 0.5) is 4.39 Å². The van der Waals surface area contributed by atoms with Gasteiger partial charge < -0.3 is 9.15 Å². The van der Waals surface area contributed by atoms with E-state index in [4.69, 9.17) is 4.42 Å². The first kappa shape index (κ1) is 10.8. The molecule has 0 radical (unpaired) electrons. The number of halogens is 1. The molecule has 0 amide bonds. The van der Waals surface area contributed by atoms with E-state index in [2.05, 4.69) is 4.74 Å². The molecule has 1 aromatic rings. The molecule has 78 valence electrons. The monoisotopic (exact) mass is 200 g/mol. The molecule has 0 fully saturated rings. The Bertz CT molecular complexity index is 328. The van der Waals surface area contributed by atoms with E-state index >= 15 is 0 Å². The highest BCUT2D eigenvalue weighted by Crippen LogP contribution is 2.28. The van der Waals surface area contributed by atoms with Gasteiger partial charge in [0.25, 0.3) is 5.67 Å². The van der Waals surface area contributed by atoms with Gasteiger partial charge in [0.15, 0.2) is 5.76 Å². The van der Waals surface area contributed by atoms with Crippen LogP contribution in [0, 0.1) is 6.92 Å². The van der Waals surface area contributed by atoms with E-state index in [0.29, 0.717) is 5.76 Å². The smallest absolute Gasteiger partial charge is 0.351 e. The summed E-state index contributed by atoms with van der Waals surface area (Å²) in [6.45, 7) is 4.59. The van der Waals surface area contributed by atoms with E-state index in [1.807, 2.05) is 0 Å². The van der Waals surface area contributed by atoms with Gasteiger partial charge in [0.05, 0.1) is 6.61 Å². The van der Waals surface area contributed by atoms with Crippen molar-refractivity contribution in [3.8, 4) is 0 Å². The Morgan fingerprint density at radius 1 is 1.64 bits per heavy atom. The maximum atomic E-state index is 13.8. The van der Waals surface area contributed by atoms with Crippen LogP contribution in [0.15, 0.2) is 16.5 Å². The van der Waals surface area contributed by atoms with Crippen molar-refractivity contribution < 1.29 is 18.3 Å². The largest absolute Gasteiger partial charge is 0.463 e. The van der Waals surface area contributed by atoms with Gasteiger partial charge >= 0.3 is 5.97 Å². The van der Waals surface area contributed by atoms with Gasteiger partial charge in [-0.2, -0.15) is 0 Å². The number of carbonyl (C=O) groups excluding carboxylic acids is 1. The number of rotatable bonds is 3. The van der Waals surface area contributed by atoms with Crippen LogP contribution in [-0.4, -0.2) is 12.6 Å². The molecule has 0 aromatic carbocycles. The first-order valence-electron chi connectivity index (χ1n) is 4.41. The topological polar surface area (TPSA) is 39.4 Å². The zero-order chi connectivity index (χ0) is 10.8. The van der Waals surface area contributed by atoms with Crippen LogP contribution in [0.5, 0.6) is 0 Å². The number of ether oxygens (including phenoxy) is 1. The Hall–Kier alpha value is -1.32. The first-order chi connectivity index (χ1) is 6.48. The lowest BCUT2D eigenvalue weighted by molar-refractivity contribution is -0.158. The number of furan rings is 1. The van der Waals surface area contributed by atoms with Crippen molar-refractivity contribution >= 4 is 5.97 Å². The summed E-state index contributed by atoms with van der Waals surface area (Å²) < 4.78 is 23.5. The fourth-order valence-electron chi connectivity index (χ4n) is 1.05. The zero-order valence-corrected chi connectivity index (χ0v) is 8.46. The van der Waals surface area contributed by atoms with Gasteiger partial charge in [0.2, 0.25) is 0 Å². The van der Waals surface area contributed by atoms with Crippen LogP contribution in [-0.2, 0) is 15.2 Å². The number of aryl methyl sites for hydroxylation is 1. The lowest BCUT2D eigenvalue weighted by Gasteiger charge is -2.15. The lowest BCUT2D eigenvalue weighted by atomic mass is 10.1. The summed E-state index contributed by atoms with van der Waals surface area (Å²) in [5.41, 5.74) is -2.20. The quantitative estimate of drug-likeness (QED) is 0.703. The predicted octanol–water partition coefficient (Wildman–Crippen LogP) is 2.34. The molecule has 0 saturated carbocycles. The molecule has 0 aliphatic carbocycles. The van der Waals surface area contributed by atoms with Crippen LogP contribution in [0.25, 0.3) is 0 Å². The second-order valence-electron chi connectivity index (χ2n) is 3.13. The summed E-state index contributed by atoms with van der Waals surface area (Å²) in [5, 5.41) is 0. The van der Waals surface area contributed by atoms with E-state index in [-0.39, 0.29) is 12.4 Å². The molecule has 0 bridgehead atoms. The van der Waals surface area contributed by atoms with Crippen molar-refractivity contribution in [2.24, 2.45) is 0 Å². The zero-order valence-electron chi connectivity index (χ0n) is 8.46. The van der Waals surface area contributed by atoms with E-state index < -0.39 is 11.6 Å². The maximum absolute atomic E-state index is 13.8. The number of alkyl halides is 1. The van der Waals surface area contributed by atoms with Crippen LogP contribution >= 0.6 is 0 Å². The van der Waals surface area contributed by atoms with Gasteiger partial charge in [-0.15, -0.1) is 0 Å². The number of hydrogen-bond donors (Lipinski definition) is 0. The van der Waals surface area contributed by atoms with Crippen LogP contribution < -0.4 is 0 Å². The lowest BCUT2D eigenvalue weighted by Crippen LogP contribution is -2.29. The summed E-state index contributed by atoms with van der Waals surface area (Å²) in [4.78, 5) is 11.2. The van der Waals surface area contributed by atoms with Crippen molar-refractivity contribution in [3.05, 3.63) is 23.7 Å². The Morgan fingerprint density at radius 3 is 2.71 bits per heavy atom. The molecule has 0 aliphatic heterocycles. The molecule has 1 unspecified atom stereocenters. The van der Waals surface area contributed by atoms with E-state index in [1.54, 1.807) is 19.9 Å². The van der Waals surface area contributed by atoms with Crippen molar-refractivity contribution in [2.75, 3.05) is 6.61 Å². The molecule has 4 heteroatoms. The maximum Gasteiger partial charge on any atom is 0.351 e. The van der Waals surface area contributed by atoms with Crippen molar-refractivity contribution in [2.45, 2.75) is 26.4 Å². The highest BCUT2D eigenvalue weighted by Gasteiger charge is 2.39. The highest BCUT2D eigenvalue weighted by molar-refractivity contribution is 5.79. The van der Waals surface area contributed by atoms with Gasteiger partial charge in [0.1, 0.15) is 5.76 Å². The van der Waals surface area contributed by atoms with Crippen molar-refractivity contribution in [1.82, 2.24) is 0 Å².